The lowest BCUT2D eigenvalue weighted by Crippen LogP contribution is -2.21. The molecule has 0 aliphatic heterocycles. The molecule has 2 heterocycles. The molecule has 3 aromatic rings. The van der Waals surface area contributed by atoms with E-state index in [1.807, 2.05) is 18.2 Å². The third-order valence-electron chi connectivity index (χ3n) is 3.46. The van der Waals surface area contributed by atoms with Crippen LogP contribution in [0, 0.1) is 0 Å². The molecule has 128 valence electrons. The summed E-state index contributed by atoms with van der Waals surface area (Å²) >= 11 is 6.13. The number of rotatable bonds is 5. The number of benzene rings is 1. The second-order valence-electron chi connectivity index (χ2n) is 5.16. The van der Waals surface area contributed by atoms with Crippen molar-refractivity contribution >= 4 is 23.2 Å². The van der Waals surface area contributed by atoms with Crippen molar-refractivity contribution in [2.24, 2.45) is 0 Å². The molecular formula is C17H14ClN3O4. The predicted molar refractivity (Wildman–Crippen MR) is 92.3 cm³/mol. The number of anilines is 1. The van der Waals surface area contributed by atoms with Gasteiger partial charge in [-0.15, -0.1) is 0 Å². The molecule has 0 atom stereocenters. The van der Waals surface area contributed by atoms with Gasteiger partial charge in [0.05, 0.1) is 25.4 Å². The molecule has 0 fully saturated rings. The first-order chi connectivity index (χ1) is 12.1. The van der Waals surface area contributed by atoms with Gasteiger partial charge in [0.15, 0.2) is 0 Å². The van der Waals surface area contributed by atoms with Gasteiger partial charge in [-0.05, 0) is 22.9 Å². The highest BCUT2D eigenvalue weighted by Gasteiger charge is 2.14. The Bertz CT molecular complexity index is 964. The maximum Gasteiger partial charge on any atom is 0.294 e. The summed E-state index contributed by atoms with van der Waals surface area (Å²) in [5, 5.41) is 6.78. The van der Waals surface area contributed by atoms with Crippen LogP contribution in [0.1, 0.15) is 16.1 Å². The van der Waals surface area contributed by atoms with Crippen LogP contribution in [-0.2, 0) is 6.54 Å². The summed E-state index contributed by atoms with van der Waals surface area (Å²) in [6.45, 7) is 0.290. The van der Waals surface area contributed by atoms with E-state index in [2.05, 4.69) is 10.5 Å². The zero-order chi connectivity index (χ0) is 17.8. The number of halogens is 1. The number of nitrogens with one attached hydrogen (secondary N) is 1. The summed E-state index contributed by atoms with van der Waals surface area (Å²) in [5.41, 5.74) is 1.03. The average molecular weight is 360 g/mol. The molecule has 0 unspecified atom stereocenters. The summed E-state index contributed by atoms with van der Waals surface area (Å²) in [6.07, 6.45) is 1.54. The van der Waals surface area contributed by atoms with E-state index in [4.69, 9.17) is 20.9 Å². The summed E-state index contributed by atoms with van der Waals surface area (Å²) < 4.78 is 11.2. The zero-order valence-electron chi connectivity index (χ0n) is 13.2. The van der Waals surface area contributed by atoms with E-state index < -0.39 is 5.91 Å². The largest absolute Gasteiger partial charge is 0.479 e. The number of pyridine rings is 1. The Labute approximate surface area is 147 Å². The van der Waals surface area contributed by atoms with Crippen molar-refractivity contribution < 1.29 is 14.1 Å². The van der Waals surface area contributed by atoms with Gasteiger partial charge in [0.25, 0.3) is 17.3 Å². The molecule has 0 radical (unpaired) electrons. The minimum Gasteiger partial charge on any atom is -0.479 e. The van der Waals surface area contributed by atoms with Gasteiger partial charge in [-0.3, -0.25) is 9.59 Å². The fourth-order valence-electron chi connectivity index (χ4n) is 2.19. The summed E-state index contributed by atoms with van der Waals surface area (Å²) in [4.78, 5) is 24.2. The third-order valence-corrected chi connectivity index (χ3v) is 3.83. The van der Waals surface area contributed by atoms with Gasteiger partial charge < -0.3 is 19.1 Å². The van der Waals surface area contributed by atoms with Crippen LogP contribution in [0.3, 0.4) is 0 Å². The number of carbonyl (C=O) groups is 1. The third kappa shape index (κ3) is 3.89. The molecule has 1 N–H and O–H groups in total. The highest BCUT2D eigenvalue weighted by Crippen LogP contribution is 2.17. The fourth-order valence-corrected chi connectivity index (χ4v) is 2.39. The number of hydrogen-bond acceptors (Lipinski definition) is 5. The fraction of sp³-hybridized carbons (Fsp3) is 0.118. The summed E-state index contributed by atoms with van der Waals surface area (Å²) in [5.74, 6) is -0.298. The van der Waals surface area contributed by atoms with Gasteiger partial charge in [-0.1, -0.05) is 29.8 Å². The van der Waals surface area contributed by atoms with Gasteiger partial charge in [0.1, 0.15) is 0 Å². The average Bonchev–Trinajstić information content (AvgIpc) is 3.09. The number of nitrogens with zero attached hydrogens (tertiary/aromatic N) is 2. The van der Waals surface area contributed by atoms with Crippen molar-refractivity contribution in [3.63, 3.8) is 0 Å². The number of carbonyl (C=O) groups excluding carboxylic acids is 1. The van der Waals surface area contributed by atoms with Crippen molar-refractivity contribution in [2.75, 3.05) is 12.4 Å². The van der Waals surface area contributed by atoms with Crippen LogP contribution in [0.25, 0.3) is 0 Å². The van der Waals surface area contributed by atoms with Crippen LogP contribution in [0.2, 0.25) is 5.02 Å². The standard InChI is InChI=1S/C17H14ClN3O4/c1-24-15-8-14(25-20-15)17(23)19-12-6-7-16(22)21(10-12)9-11-4-2-3-5-13(11)18/h2-8,10H,9H2,1H3,(H,19,23). The van der Waals surface area contributed by atoms with Gasteiger partial charge in [-0.25, -0.2) is 0 Å². The second-order valence-corrected chi connectivity index (χ2v) is 5.57. The number of ether oxygens (including phenoxy) is 1. The Hall–Kier alpha value is -3.06. The van der Waals surface area contributed by atoms with E-state index in [0.29, 0.717) is 17.3 Å². The molecule has 7 nitrogen and oxygen atoms in total. The number of methoxy groups -OCH3 is 1. The normalized spacial score (nSPS) is 10.5. The molecule has 2 aromatic heterocycles. The molecule has 0 aliphatic rings. The first-order valence-electron chi connectivity index (χ1n) is 7.33. The van der Waals surface area contributed by atoms with Crippen LogP contribution >= 0.6 is 11.6 Å². The lowest BCUT2D eigenvalue weighted by molar-refractivity contribution is 0.0987. The summed E-state index contributed by atoms with van der Waals surface area (Å²) in [7, 11) is 1.42. The quantitative estimate of drug-likeness (QED) is 0.757. The molecule has 1 aromatic carbocycles. The topological polar surface area (TPSA) is 86.4 Å². The SMILES string of the molecule is COc1cc(C(=O)Nc2ccc(=O)n(Cc3ccccc3Cl)c2)on1. The molecule has 0 bridgehead atoms. The van der Waals surface area contributed by atoms with E-state index in [0.717, 1.165) is 5.56 Å². The lowest BCUT2D eigenvalue weighted by Gasteiger charge is -2.10. The van der Waals surface area contributed by atoms with Gasteiger partial charge in [0.2, 0.25) is 5.76 Å². The first-order valence-corrected chi connectivity index (χ1v) is 7.70. The van der Waals surface area contributed by atoms with Gasteiger partial charge in [-0.2, -0.15) is 0 Å². The Balaban J connectivity index is 1.80. The Morgan fingerprint density at radius 2 is 2.12 bits per heavy atom. The highest BCUT2D eigenvalue weighted by molar-refractivity contribution is 6.31. The first kappa shape index (κ1) is 16.8. The molecule has 1 amide bonds. The highest BCUT2D eigenvalue weighted by atomic mass is 35.5. The Kier molecular flexibility index (Phi) is 4.85. The van der Waals surface area contributed by atoms with Crippen LogP contribution in [-0.4, -0.2) is 22.7 Å². The van der Waals surface area contributed by atoms with E-state index >= 15 is 0 Å². The number of hydrogen-bond donors (Lipinski definition) is 1. The van der Waals surface area contributed by atoms with E-state index in [1.54, 1.807) is 6.07 Å². The van der Waals surface area contributed by atoms with Crippen LogP contribution in [0.15, 0.2) is 58.0 Å². The van der Waals surface area contributed by atoms with Crippen molar-refractivity contribution in [3.05, 3.63) is 75.4 Å². The van der Waals surface area contributed by atoms with Crippen molar-refractivity contribution in [3.8, 4) is 5.88 Å². The second kappa shape index (κ2) is 7.23. The van der Waals surface area contributed by atoms with Crippen LogP contribution in [0.4, 0.5) is 5.69 Å². The molecule has 0 saturated carbocycles. The van der Waals surface area contributed by atoms with E-state index in [-0.39, 0.29) is 17.2 Å². The van der Waals surface area contributed by atoms with E-state index in [9.17, 15) is 9.59 Å². The molecule has 8 heteroatoms. The number of amides is 1. The number of aromatic nitrogens is 2. The molecule has 0 aliphatic carbocycles. The molecule has 0 saturated heterocycles. The monoisotopic (exact) mass is 359 g/mol. The van der Waals surface area contributed by atoms with E-state index in [1.165, 1.54) is 36.1 Å². The predicted octanol–water partition coefficient (Wildman–Crippen LogP) is 2.80. The lowest BCUT2D eigenvalue weighted by atomic mass is 10.2. The van der Waals surface area contributed by atoms with Crippen molar-refractivity contribution in [1.29, 1.82) is 0 Å². The van der Waals surface area contributed by atoms with Crippen LogP contribution in [0.5, 0.6) is 5.88 Å². The minimum absolute atomic E-state index is 0.000652. The maximum absolute atomic E-state index is 12.1. The van der Waals surface area contributed by atoms with Gasteiger partial charge >= 0.3 is 0 Å². The molecule has 3 rings (SSSR count). The maximum atomic E-state index is 12.1. The van der Waals surface area contributed by atoms with Crippen molar-refractivity contribution in [2.45, 2.75) is 6.54 Å². The smallest absolute Gasteiger partial charge is 0.294 e. The molecule has 0 spiro atoms. The zero-order valence-corrected chi connectivity index (χ0v) is 14.0. The van der Waals surface area contributed by atoms with Crippen molar-refractivity contribution in [1.82, 2.24) is 9.72 Å². The molecule has 25 heavy (non-hydrogen) atoms. The summed E-state index contributed by atoms with van der Waals surface area (Å²) in [6, 6.07) is 11.5. The van der Waals surface area contributed by atoms with Gasteiger partial charge in [0, 0.05) is 17.3 Å². The van der Waals surface area contributed by atoms with Crippen LogP contribution < -0.4 is 15.6 Å². The Morgan fingerprint density at radius 3 is 2.84 bits per heavy atom. The minimum atomic E-state index is -0.501. The molecular weight excluding hydrogens is 346 g/mol. The Morgan fingerprint density at radius 1 is 1.32 bits per heavy atom.